The maximum atomic E-state index is 9.66. The van der Waals surface area contributed by atoms with Gasteiger partial charge in [-0.3, -0.25) is 0 Å². The van der Waals surface area contributed by atoms with Crippen LogP contribution in [0.4, 0.5) is 0 Å². The third-order valence-corrected chi connectivity index (χ3v) is 1.94. The van der Waals surface area contributed by atoms with Crippen molar-refractivity contribution in [1.82, 2.24) is 0 Å². The number of benzene rings is 1. The fourth-order valence-corrected chi connectivity index (χ4v) is 1.18. The van der Waals surface area contributed by atoms with E-state index in [1.807, 2.05) is 6.07 Å². The summed E-state index contributed by atoms with van der Waals surface area (Å²) in [7, 11) is 0. The first-order valence-corrected chi connectivity index (χ1v) is 4.24. The molecule has 0 saturated heterocycles. The van der Waals surface area contributed by atoms with E-state index in [1.54, 1.807) is 25.1 Å². The Morgan fingerprint density at radius 3 is 2.69 bits per heavy atom. The molecule has 1 aromatic rings. The summed E-state index contributed by atoms with van der Waals surface area (Å²) in [6.45, 7) is 1.89. The molecule has 0 aromatic heterocycles. The quantitative estimate of drug-likeness (QED) is 0.641. The lowest BCUT2D eigenvalue weighted by atomic mass is 9.97. The zero-order valence-corrected chi connectivity index (χ0v) is 7.70. The molecule has 0 aliphatic heterocycles. The normalized spacial score (nSPS) is 15.3. The molecule has 1 rings (SSSR count). The average molecular weight is 181 g/mol. The van der Waals surface area contributed by atoms with Gasteiger partial charge in [0.25, 0.3) is 0 Å². The van der Waals surface area contributed by atoms with Gasteiger partial charge in [-0.05, 0) is 24.6 Å². The minimum absolute atomic E-state index is 0.211. The summed E-state index contributed by atoms with van der Waals surface area (Å²) in [5, 5.41) is 18.8. The van der Waals surface area contributed by atoms with Gasteiger partial charge in [0.2, 0.25) is 0 Å². The summed E-state index contributed by atoms with van der Waals surface area (Å²) < 4.78 is 0. The summed E-state index contributed by atoms with van der Waals surface area (Å²) >= 11 is 0. The van der Waals surface area contributed by atoms with Gasteiger partial charge in [0, 0.05) is 13.0 Å². The van der Waals surface area contributed by atoms with Gasteiger partial charge in [-0.15, -0.1) is 0 Å². The molecule has 3 heteroatoms. The first kappa shape index (κ1) is 10.0. The molecule has 72 valence electrons. The Balaban J connectivity index is 2.74. The predicted octanol–water partition coefficient (Wildman–Crippen LogP) is 0.644. The molecule has 0 aliphatic carbocycles. The van der Waals surface area contributed by atoms with Crippen LogP contribution in [0.15, 0.2) is 24.3 Å². The SMILES string of the molecule is CC(O)(CN)Cc1cccc(O)c1. The summed E-state index contributed by atoms with van der Waals surface area (Å²) in [6.07, 6.45) is 0.456. The van der Waals surface area contributed by atoms with Gasteiger partial charge in [0.05, 0.1) is 5.60 Å². The van der Waals surface area contributed by atoms with Crippen molar-refractivity contribution in [2.75, 3.05) is 6.54 Å². The second-order valence-corrected chi connectivity index (χ2v) is 3.55. The van der Waals surface area contributed by atoms with Crippen molar-refractivity contribution in [3.63, 3.8) is 0 Å². The van der Waals surface area contributed by atoms with E-state index in [9.17, 15) is 5.11 Å². The molecular weight excluding hydrogens is 166 g/mol. The molecular formula is C10H15NO2. The molecule has 4 N–H and O–H groups in total. The predicted molar refractivity (Wildman–Crippen MR) is 51.5 cm³/mol. The van der Waals surface area contributed by atoms with Crippen LogP contribution >= 0.6 is 0 Å². The Morgan fingerprint density at radius 2 is 2.15 bits per heavy atom. The number of nitrogens with two attached hydrogens (primary N) is 1. The second-order valence-electron chi connectivity index (χ2n) is 3.55. The van der Waals surface area contributed by atoms with Gasteiger partial charge < -0.3 is 15.9 Å². The van der Waals surface area contributed by atoms with Crippen molar-refractivity contribution in [2.45, 2.75) is 18.9 Å². The molecule has 0 saturated carbocycles. The molecule has 0 amide bonds. The number of hydrogen-bond donors (Lipinski definition) is 3. The van der Waals surface area contributed by atoms with E-state index >= 15 is 0 Å². The summed E-state index contributed by atoms with van der Waals surface area (Å²) in [5.41, 5.74) is 5.37. The minimum atomic E-state index is -0.895. The molecule has 0 bridgehead atoms. The number of aliphatic hydroxyl groups is 1. The smallest absolute Gasteiger partial charge is 0.115 e. The Kier molecular flexibility index (Phi) is 2.90. The van der Waals surface area contributed by atoms with E-state index in [0.717, 1.165) is 5.56 Å². The van der Waals surface area contributed by atoms with Crippen molar-refractivity contribution >= 4 is 0 Å². The molecule has 1 atom stereocenters. The molecule has 1 aromatic carbocycles. The van der Waals surface area contributed by atoms with Gasteiger partial charge in [-0.1, -0.05) is 12.1 Å². The number of phenols is 1. The van der Waals surface area contributed by atoms with Crippen LogP contribution < -0.4 is 5.73 Å². The van der Waals surface area contributed by atoms with Crippen LogP contribution in [0.25, 0.3) is 0 Å². The van der Waals surface area contributed by atoms with Crippen molar-refractivity contribution < 1.29 is 10.2 Å². The van der Waals surface area contributed by atoms with Crippen molar-refractivity contribution in [2.24, 2.45) is 5.73 Å². The Bertz CT molecular complexity index is 284. The molecule has 0 aliphatic rings. The minimum Gasteiger partial charge on any atom is -0.508 e. The van der Waals surface area contributed by atoms with Crippen LogP contribution in [0.1, 0.15) is 12.5 Å². The van der Waals surface area contributed by atoms with Gasteiger partial charge in [-0.2, -0.15) is 0 Å². The van der Waals surface area contributed by atoms with E-state index < -0.39 is 5.60 Å². The van der Waals surface area contributed by atoms with Crippen LogP contribution in [0.2, 0.25) is 0 Å². The van der Waals surface area contributed by atoms with Crippen molar-refractivity contribution in [3.8, 4) is 5.75 Å². The first-order chi connectivity index (χ1) is 6.03. The van der Waals surface area contributed by atoms with Crippen molar-refractivity contribution in [3.05, 3.63) is 29.8 Å². The van der Waals surface area contributed by atoms with E-state index in [1.165, 1.54) is 0 Å². The Morgan fingerprint density at radius 1 is 1.46 bits per heavy atom. The summed E-state index contributed by atoms with van der Waals surface area (Å²) in [6, 6.07) is 6.83. The number of hydrogen-bond acceptors (Lipinski definition) is 3. The summed E-state index contributed by atoms with van der Waals surface area (Å²) in [5.74, 6) is 0.213. The van der Waals surface area contributed by atoms with Gasteiger partial charge in [0.15, 0.2) is 0 Å². The number of rotatable bonds is 3. The summed E-state index contributed by atoms with van der Waals surface area (Å²) in [4.78, 5) is 0. The zero-order chi connectivity index (χ0) is 9.90. The third kappa shape index (κ3) is 3.05. The fraction of sp³-hybridized carbons (Fsp3) is 0.400. The van der Waals surface area contributed by atoms with E-state index in [0.29, 0.717) is 6.42 Å². The highest BCUT2D eigenvalue weighted by atomic mass is 16.3. The molecule has 13 heavy (non-hydrogen) atoms. The maximum Gasteiger partial charge on any atom is 0.115 e. The largest absolute Gasteiger partial charge is 0.508 e. The number of phenolic OH excluding ortho intramolecular Hbond substituents is 1. The van der Waals surface area contributed by atoms with Crippen LogP contribution in [0, 0.1) is 0 Å². The fourth-order valence-electron chi connectivity index (χ4n) is 1.18. The highest BCUT2D eigenvalue weighted by Crippen LogP contribution is 2.16. The molecule has 0 spiro atoms. The van der Waals surface area contributed by atoms with Crippen LogP contribution in [-0.4, -0.2) is 22.4 Å². The lowest BCUT2D eigenvalue weighted by molar-refractivity contribution is 0.0696. The third-order valence-electron chi connectivity index (χ3n) is 1.94. The van der Waals surface area contributed by atoms with Gasteiger partial charge in [0.1, 0.15) is 5.75 Å². The van der Waals surface area contributed by atoms with Crippen molar-refractivity contribution in [1.29, 1.82) is 0 Å². The van der Waals surface area contributed by atoms with Crippen LogP contribution in [-0.2, 0) is 6.42 Å². The standard InChI is InChI=1S/C10H15NO2/c1-10(13,7-11)6-8-3-2-4-9(12)5-8/h2-5,12-13H,6-7,11H2,1H3. The monoisotopic (exact) mass is 181 g/mol. The molecule has 1 unspecified atom stereocenters. The second kappa shape index (κ2) is 3.77. The molecule has 0 heterocycles. The molecule has 0 radical (unpaired) electrons. The first-order valence-electron chi connectivity index (χ1n) is 4.24. The Labute approximate surface area is 77.8 Å². The van der Waals surface area contributed by atoms with E-state index in [4.69, 9.17) is 10.8 Å². The van der Waals surface area contributed by atoms with Crippen LogP contribution in [0.5, 0.6) is 5.75 Å². The van der Waals surface area contributed by atoms with E-state index in [2.05, 4.69) is 0 Å². The lowest BCUT2D eigenvalue weighted by Crippen LogP contribution is -2.36. The van der Waals surface area contributed by atoms with Gasteiger partial charge >= 0.3 is 0 Å². The maximum absolute atomic E-state index is 9.66. The average Bonchev–Trinajstić information content (AvgIpc) is 2.03. The lowest BCUT2D eigenvalue weighted by Gasteiger charge is -2.20. The van der Waals surface area contributed by atoms with E-state index in [-0.39, 0.29) is 12.3 Å². The zero-order valence-electron chi connectivity index (χ0n) is 7.70. The number of aromatic hydroxyl groups is 1. The topological polar surface area (TPSA) is 66.5 Å². The molecule has 3 nitrogen and oxygen atoms in total. The Hall–Kier alpha value is -1.06. The highest BCUT2D eigenvalue weighted by molar-refractivity contribution is 5.28. The molecule has 0 fully saturated rings. The van der Waals surface area contributed by atoms with Crippen LogP contribution in [0.3, 0.4) is 0 Å². The highest BCUT2D eigenvalue weighted by Gasteiger charge is 2.18. The van der Waals surface area contributed by atoms with Gasteiger partial charge in [-0.25, -0.2) is 0 Å².